The van der Waals surface area contributed by atoms with E-state index in [4.69, 9.17) is 4.74 Å². The fraction of sp³-hybridized carbons (Fsp3) is 0.211. The van der Waals surface area contributed by atoms with Crippen LogP contribution in [0.4, 0.5) is 17.1 Å². The van der Waals surface area contributed by atoms with E-state index in [9.17, 15) is 0 Å². The molecule has 0 fully saturated rings. The monoisotopic (exact) mass is 1040 g/mol. The van der Waals surface area contributed by atoms with Gasteiger partial charge in [0.05, 0.1) is 22.4 Å². The van der Waals surface area contributed by atoms with E-state index in [0.29, 0.717) is 0 Å². The molecule has 0 atom stereocenters. The van der Waals surface area contributed by atoms with Crippen LogP contribution in [0.15, 0.2) is 212 Å². The van der Waals surface area contributed by atoms with Crippen LogP contribution in [0, 0.1) is 0 Å². The Morgan fingerprint density at radius 2 is 0.787 bits per heavy atom. The zero-order valence-electron chi connectivity index (χ0n) is 48.6. The molecule has 1 aromatic heterocycles. The smallest absolute Gasteiger partial charge is 0.256 e. The van der Waals surface area contributed by atoms with Gasteiger partial charge in [0, 0.05) is 39.3 Å². The van der Waals surface area contributed by atoms with E-state index in [1.54, 1.807) is 0 Å². The normalized spacial score (nSPS) is 13.3. The van der Waals surface area contributed by atoms with Gasteiger partial charge >= 0.3 is 0 Å². The number of benzene rings is 10. The molecule has 0 N–H and O–H groups in total. The van der Waals surface area contributed by atoms with Gasteiger partial charge in [0.25, 0.3) is 6.71 Å². The molecule has 80 heavy (non-hydrogen) atoms. The number of hydrogen-bond acceptors (Lipinski definition) is 2. The Morgan fingerprint density at radius 1 is 0.338 bits per heavy atom. The summed E-state index contributed by atoms with van der Waals surface area (Å²) in [5, 5.41) is 2.44. The zero-order chi connectivity index (χ0) is 55.6. The van der Waals surface area contributed by atoms with E-state index in [2.05, 4.69) is 305 Å². The minimum atomic E-state index is -0.188. The maximum atomic E-state index is 7.54. The molecule has 0 saturated carbocycles. The molecular weight excluding hydrogens is 968 g/mol. The summed E-state index contributed by atoms with van der Waals surface area (Å²) in [6.45, 7) is 27.8. The van der Waals surface area contributed by atoms with Crippen molar-refractivity contribution in [1.29, 1.82) is 0 Å². The third-order valence-electron chi connectivity index (χ3n) is 17.0. The highest BCUT2D eigenvalue weighted by molar-refractivity contribution is 6.99. The molecule has 0 aliphatic carbocycles. The largest absolute Gasteiger partial charge is 0.458 e. The Hall–Kier alpha value is -8.34. The molecule has 0 radical (unpaired) electrons. The van der Waals surface area contributed by atoms with Gasteiger partial charge in [0.1, 0.15) is 11.5 Å². The summed E-state index contributed by atoms with van der Waals surface area (Å²) < 4.78 is 9.99. The number of para-hydroxylation sites is 3. The van der Waals surface area contributed by atoms with Crippen LogP contribution in [0.1, 0.15) is 105 Å². The molecule has 4 heteroatoms. The fourth-order valence-corrected chi connectivity index (χ4v) is 12.5. The molecule has 0 spiro atoms. The second-order valence-electron chi connectivity index (χ2n) is 26.7. The molecule has 0 saturated heterocycles. The third kappa shape index (κ3) is 8.76. The van der Waals surface area contributed by atoms with Gasteiger partial charge in [-0.2, -0.15) is 0 Å². The second-order valence-corrected chi connectivity index (χ2v) is 26.7. The lowest BCUT2D eigenvalue weighted by Crippen LogP contribution is -2.59. The number of hydrogen-bond donors (Lipinski definition) is 0. The maximum absolute atomic E-state index is 7.54. The van der Waals surface area contributed by atoms with Crippen molar-refractivity contribution in [3.63, 3.8) is 0 Å². The Balaban J connectivity index is 1.16. The Bertz CT molecular complexity index is 4070. The van der Waals surface area contributed by atoms with Crippen LogP contribution in [0.3, 0.4) is 0 Å². The topological polar surface area (TPSA) is 17.4 Å². The molecule has 2 aliphatic heterocycles. The van der Waals surface area contributed by atoms with E-state index < -0.39 is 0 Å². The van der Waals surface area contributed by atoms with Crippen molar-refractivity contribution in [3.8, 4) is 61.7 Å². The summed E-state index contributed by atoms with van der Waals surface area (Å²) in [5.74, 6) is 1.74. The standard InChI is InChI=1S/C76H71BN2O/c1-73(2,3)54-38-52(39-55(44-54)74(4,5)6)50-34-36-67-63(42-50)77-64-43-51(53-40-56(75(7,8)9)45-57(41-53)76(10,11)12)35-37-69(64)80-70-47-58(78-65-32-21-19-28-61(65)62-29-20-22-33-66(62)78)46-68(71(70)77)79(67)72-59(48-24-15-13-16-25-48)30-23-31-60(72)49-26-17-14-18-27-49/h13-47H,1-12H3. The van der Waals surface area contributed by atoms with E-state index in [-0.39, 0.29) is 28.4 Å². The Kier molecular flexibility index (Phi) is 11.9. The molecule has 0 unspecified atom stereocenters. The second kappa shape index (κ2) is 18.6. The first kappa shape index (κ1) is 51.1. The van der Waals surface area contributed by atoms with Crippen molar-refractivity contribution >= 4 is 62.0 Å². The average molecular weight is 1040 g/mol. The highest BCUT2D eigenvalue weighted by atomic mass is 16.5. The van der Waals surface area contributed by atoms with Crippen molar-refractivity contribution in [1.82, 2.24) is 4.57 Å². The molecule has 2 aliphatic rings. The maximum Gasteiger partial charge on any atom is 0.256 e. The van der Waals surface area contributed by atoms with Crippen LogP contribution in [0.5, 0.6) is 11.5 Å². The van der Waals surface area contributed by atoms with Gasteiger partial charge in [0.2, 0.25) is 0 Å². The van der Waals surface area contributed by atoms with Crippen LogP contribution in [-0.4, -0.2) is 11.3 Å². The molecule has 11 aromatic rings. The lowest BCUT2D eigenvalue weighted by atomic mass is 9.34. The molecule has 394 valence electrons. The van der Waals surface area contributed by atoms with E-state index in [0.717, 1.165) is 78.5 Å². The summed E-state index contributed by atoms with van der Waals surface area (Å²) in [5.41, 5.74) is 24.9. The highest BCUT2D eigenvalue weighted by Gasteiger charge is 2.44. The fourth-order valence-electron chi connectivity index (χ4n) is 12.5. The van der Waals surface area contributed by atoms with Gasteiger partial charge in [-0.05, 0) is 124 Å². The molecular formula is C76H71BN2O. The van der Waals surface area contributed by atoms with Gasteiger partial charge in [-0.15, -0.1) is 0 Å². The zero-order valence-corrected chi connectivity index (χ0v) is 48.6. The molecule has 10 aromatic carbocycles. The lowest BCUT2D eigenvalue weighted by molar-refractivity contribution is 0.487. The summed E-state index contributed by atoms with van der Waals surface area (Å²) in [7, 11) is 0. The highest BCUT2D eigenvalue weighted by Crippen LogP contribution is 2.51. The summed E-state index contributed by atoms with van der Waals surface area (Å²) in [6.07, 6.45) is 0. The number of aromatic nitrogens is 1. The number of anilines is 3. The predicted octanol–water partition coefficient (Wildman–Crippen LogP) is 19.0. The average Bonchev–Trinajstić information content (AvgIpc) is 3.92. The predicted molar refractivity (Wildman–Crippen MR) is 343 cm³/mol. The molecule has 13 rings (SSSR count). The van der Waals surface area contributed by atoms with Crippen LogP contribution >= 0.6 is 0 Å². The quantitative estimate of drug-likeness (QED) is 0.154. The minimum absolute atomic E-state index is 0.0385. The van der Waals surface area contributed by atoms with Gasteiger partial charge in [-0.25, -0.2) is 0 Å². The van der Waals surface area contributed by atoms with Crippen LogP contribution in [0.25, 0.3) is 72.0 Å². The van der Waals surface area contributed by atoms with E-state index >= 15 is 0 Å². The number of fused-ring (bicyclic) bond motifs is 7. The summed E-state index contributed by atoms with van der Waals surface area (Å²) in [4.78, 5) is 2.60. The van der Waals surface area contributed by atoms with Crippen LogP contribution in [0.2, 0.25) is 0 Å². The lowest BCUT2D eigenvalue weighted by Gasteiger charge is -2.42. The first-order valence-corrected chi connectivity index (χ1v) is 28.7. The summed E-state index contributed by atoms with van der Waals surface area (Å²) in [6, 6.07) is 80.1. The number of rotatable bonds is 6. The SMILES string of the molecule is CC(C)(C)c1cc(-c2ccc3c(c2)B2c4cc(-c5cc(C(C)(C)C)cc(C(C)(C)C)c5)ccc4N(c4c(-c5ccccc5)cccc4-c4ccccc4)c4cc(-n5c6ccccc6c6ccccc65)cc(c42)O3)cc(C(C)(C)C)c1. The van der Waals surface area contributed by atoms with Crippen LogP contribution < -0.4 is 26.0 Å². The molecule has 0 amide bonds. The number of nitrogens with zero attached hydrogens (tertiary/aromatic N) is 2. The molecule has 3 nitrogen and oxygen atoms in total. The van der Waals surface area contributed by atoms with E-state index in [1.807, 2.05) is 0 Å². The molecule has 0 bridgehead atoms. The van der Waals surface area contributed by atoms with Gasteiger partial charge in [0.15, 0.2) is 0 Å². The Labute approximate surface area is 474 Å². The van der Waals surface area contributed by atoms with Crippen molar-refractivity contribution in [2.75, 3.05) is 4.90 Å². The van der Waals surface area contributed by atoms with Crippen molar-refractivity contribution in [2.45, 2.75) is 105 Å². The minimum Gasteiger partial charge on any atom is -0.458 e. The van der Waals surface area contributed by atoms with Gasteiger partial charge in [-0.3, -0.25) is 0 Å². The Morgan fingerprint density at radius 3 is 1.27 bits per heavy atom. The van der Waals surface area contributed by atoms with E-state index in [1.165, 1.54) is 60.7 Å². The van der Waals surface area contributed by atoms with Crippen molar-refractivity contribution < 1.29 is 4.74 Å². The molecule has 3 heterocycles. The van der Waals surface area contributed by atoms with Crippen molar-refractivity contribution in [2.24, 2.45) is 0 Å². The van der Waals surface area contributed by atoms with Crippen LogP contribution in [-0.2, 0) is 21.7 Å². The first-order valence-electron chi connectivity index (χ1n) is 28.7. The van der Waals surface area contributed by atoms with Crippen molar-refractivity contribution in [3.05, 3.63) is 235 Å². The van der Waals surface area contributed by atoms with Gasteiger partial charge < -0.3 is 14.2 Å². The summed E-state index contributed by atoms with van der Waals surface area (Å²) >= 11 is 0. The van der Waals surface area contributed by atoms with Gasteiger partial charge in [-0.1, -0.05) is 259 Å². The number of ether oxygens (including phenoxy) is 1. The third-order valence-corrected chi connectivity index (χ3v) is 17.0. The first-order chi connectivity index (χ1) is 38.2.